The molecule has 1 aliphatic heterocycles. The number of aromatic nitrogens is 4. The molecule has 10 heteroatoms. The quantitative estimate of drug-likeness (QED) is 0.425. The van der Waals surface area contributed by atoms with Gasteiger partial charge in [-0.1, -0.05) is 24.8 Å². The predicted octanol–water partition coefficient (Wildman–Crippen LogP) is 2.93. The van der Waals surface area contributed by atoms with Crippen molar-refractivity contribution >= 4 is 17.4 Å². The molecular formula is C25H22N6O4. The van der Waals surface area contributed by atoms with Crippen molar-refractivity contribution in [1.29, 1.82) is 0 Å². The largest absolute Gasteiger partial charge is 0.456 e. The molecule has 1 aromatic carbocycles. The molecule has 3 aromatic heterocycles. The number of amides is 1. The molecule has 4 heterocycles. The van der Waals surface area contributed by atoms with Crippen LogP contribution in [0.2, 0.25) is 0 Å². The van der Waals surface area contributed by atoms with Gasteiger partial charge in [0, 0.05) is 18.0 Å². The fourth-order valence-electron chi connectivity index (χ4n) is 3.90. The van der Waals surface area contributed by atoms with E-state index in [9.17, 15) is 9.59 Å². The summed E-state index contributed by atoms with van der Waals surface area (Å²) in [4.78, 5) is 33.0. The molecule has 3 N–H and O–H groups in total. The second-order valence-electron chi connectivity index (χ2n) is 7.78. The molecule has 0 aliphatic carbocycles. The highest BCUT2D eigenvalue weighted by Gasteiger charge is 2.25. The van der Waals surface area contributed by atoms with Crippen LogP contribution in [0.3, 0.4) is 0 Å². The molecule has 0 bridgehead atoms. The number of anilines is 1. The third-order valence-electron chi connectivity index (χ3n) is 5.47. The average molecular weight is 470 g/mol. The fraction of sp³-hybridized carbons (Fsp3) is 0.120. The first-order chi connectivity index (χ1) is 17.0. The van der Waals surface area contributed by atoms with Crippen molar-refractivity contribution in [3.8, 4) is 17.2 Å². The first-order valence-electron chi connectivity index (χ1n) is 10.8. The van der Waals surface area contributed by atoms with Gasteiger partial charge in [0.1, 0.15) is 23.0 Å². The lowest BCUT2D eigenvalue weighted by molar-refractivity contribution is 0.0770. The van der Waals surface area contributed by atoms with E-state index in [1.807, 2.05) is 35.0 Å². The molecule has 5 rings (SSSR count). The summed E-state index contributed by atoms with van der Waals surface area (Å²) >= 11 is 0. The zero-order valence-corrected chi connectivity index (χ0v) is 18.7. The van der Waals surface area contributed by atoms with Crippen molar-refractivity contribution in [1.82, 2.24) is 19.3 Å². The maximum absolute atomic E-state index is 13.4. The Morgan fingerprint density at radius 3 is 2.69 bits per heavy atom. The van der Waals surface area contributed by atoms with Crippen molar-refractivity contribution in [2.75, 3.05) is 11.9 Å². The summed E-state index contributed by atoms with van der Waals surface area (Å²) < 4.78 is 14.9. The van der Waals surface area contributed by atoms with Crippen LogP contribution in [-0.4, -0.2) is 31.8 Å². The number of pyridine rings is 2. The molecule has 0 radical (unpaired) electrons. The second-order valence-corrected chi connectivity index (χ2v) is 7.78. The molecule has 176 valence electrons. The maximum atomic E-state index is 13.4. The van der Waals surface area contributed by atoms with E-state index in [4.69, 9.17) is 15.2 Å². The molecule has 0 saturated heterocycles. The predicted molar refractivity (Wildman–Crippen MR) is 129 cm³/mol. The Morgan fingerprint density at radius 2 is 1.94 bits per heavy atom. The van der Waals surface area contributed by atoms with Crippen molar-refractivity contribution in [3.05, 3.63) is 101 Å². The number of nitrogens with zero attached hydrogens (tertiary/aromatic N) is 4. The molecule has 4 aromatic rings. The van der Waals surface area contributed by atoms with Crippen LogP contribution in [0.25, 0.3) is 11.4 Å². The highest BCUT2D eigenvalue weighted by atomic mass is 16.5. The van der Waals surface area contributed by atoms with Gasteiger partial charge in [0.05, 0.1) is 42.9 Å². The van der Waals surface area contributed by atoms with Crippen LogP contribution in [0.5, 0.6) is 11.5 Å². The van der Waals surface area contributed by atoms with Crippen LogP contribution >= 0.6 is 0 Å². The van der Waals surface area contributed by atoms with Crippen molar-refractivity contribution in [3.63, 3.8) is 0 Å². The van der Waals surface area contributed by atoms with E-state index in [0.29, 0.717) is 48.3 Å². The number of para-hydroxylation sites is 1. The number of fused-ring (bicyclic) bond motifs is 1. The summed E-state index contributed by atoms with van der Waals surface area (Å²) in [5.41, 5.74) is 7.57. The topological polar surface area (TPSA) is 126 Å². The van der Waals surface area contributed by atoms with E-state index >= 15 is 0 Å². The molecule has 10 nitrogen and oxygen atoms in total. The summed E-state index contributed by atoms with van der Waals surface area (Å²) in [5.74, 6) is 0.694. The lowest BCUT2D eigenvalue weighted by Crippen LogP contribution is -2.26. The number of hydrogen-bond donors (Lipinski definition) is 2. The number of rotatable bonds is 7. The van der Waals surface area contributed by atoms with E-state index in [-0.39, 0.29) is 11.3 Å². The van der Waals surface area contributed by atoms with Gasteiger partial charge in [0.2, 0.25) is 0 Å². The van der Waals surface area contributed by atoms with Crippen molar-refractivity contribution < 1.29 is 14.3 Å². The molecule has 0 fully saturated rings. The molecule has 1 amide bonds. The smallest absolute Gasteiger partial charge is 0.281 e. The lowest BCUT2D eigenvalue weighted by atomic mass is 10.2. The minimum atomic E-state index is -0.642. The number of nitrogens with one attached hydrogen (secondary N) is 1. The molecule has 1 aliphatic rings. The molecule has 0 unspecified atom stereocenters. The minimum Gasteiger partial charge on any atom is -0.456 e. The molecule has 35 heavy (non-hydrogen) atoms. The normalized spacial score (nSPS) is 12.6. The fourth-order valence-corrected chi connectivity index (χ4v) is 3.90. The molecule has 0 spiro atoms. The summed E-state index contributed by atoms with van der Waals surface area (Å²) in [5, 5.41) is 3.11. The summed E-state index contributed by atoms with van der Waals surface area (Å²) in [7, 11) is 0. The zero-order valence-electron chi connectivity index (χ0n) is 18.7. The van der Waals surface area contributed by atoms with Gasteiger partial charge in [0.25, 0.3) is 11.5 Å². The number of hydrogen-bond acceptors (Lipinski definition) is 7. The number of carbonyl (C=O) groups is 1. The zero-order chi connectivity index (χ0) is 24.4. The number of ether oxygens (including phenoxy) is 2. The third kappa shape index (κ3) is 4.42. The van der Waals surface area contributed by atoms with Gasteiger partial charge in [-0.25, -0.2) is 9.67 Å². The Bertz CT molecular complexity index is 1460. The van der Waals surface area contributed by atoms with Crippen LogP contribution < -0.4 is 21.3 Å². The van der Waals surface area contributed by atoms with E-state index in [1.165, 1.54) is 18.5 Å². The van der Waals surface area contributed by atoms with Crippen LogP contribution in [0.1, 0.15) is 21.7 Å². The number of nitrogens with two attached hydrogens (primary N) is 1. The first kappa shape index (κ1) is 22.1. The monoisotopic (exact) mass is 470 g/mol. The van der Waals surface area contributed by atoms with Gasteiger partial charge in [0.15, 0.2) is 0 Å². The van der Waals surface area contributed by atoms with Crippen molar-refractivity contribution in [2.24, 2.45) is 5.73 Å². The van der Waals surface area contributed by atoms with E-state index < -0.39 is 5.91 Å². The van der Waals surface area contributed by atoms with E-state index in [2.05, 4.69) is 21.9 Å². The molecular weight excluding hydrogens is 448 g/mol. The Hall–Kier alpha value is -4.70. The van der Waals surface area contributed by atoms with Gasteiger partial charge in [-0.05, 0) is 30.3 Å². The molecule has 0 atom stereocenters. The van der Waals surface area contributed by atoms with Crippen molar-refractivity contribution in [2.45, 2.75) is 13.2 Å². The van der Waals surface area contributed by atoms with Crippen LogP contribution in [-0.2, 0) is 17.9 Å². The van der Waals surface area contributed by atoms with E-state index in [1.54, 1.807) is 22.9 Å². The third-order valence-corrected chi connectivity index (χ3v) is 5.47. The van der Waals surface area contributed by atoms with Gasteiger partial charge < -0.3 is 20.5 Å². The minimum absolute atomic E-state index is 0.103. The van der Waals surface area contributed by atoms with Gasteiger partial charge in [-0.2, -0.15) is 0 Å². The number of carbonyl (C=O) groups excluding carboxylic acids is 1. The van der Waals surface area contributed by atoms with Crippen LogP contribution in [0.15, 0.2) is 78.4 Å². The maximum Gasteiger partial charge on any atom is 0.281 e. The standard InChI is InChI=1S/C25H22N6O4/c1-16(23-21-15-34-12-11-30(21)31(25(23)33)17-5-3-2-4-6-17)29-22-8-7-19(14-28-22)35-18-9-10-27-20(13-18)24(26)32/h2-10,13-14H,1,11-12,15H2,(H2,26,32)(H,28,29). The number of primary amides is 1. The van der Waals surface area contributed by atoms with Gasteiger partial charge in [-0.3, -0.25) is 19.3 Å². The van der Waals surface area contributed by atoms with Crippen LogP contribution in [0, 0.1) is 0 Å². The first-order valence-corrected chi connectivity index (χ1v) is 10.8. The van der Waals surface area contributed by atoms with Gasteiger partial charge in [-0.15, -0.1) is 0 Å². The molecule has 0 saturated carbocycles. The average Bonchev–Trinajstić information content (AvgIpc) is 3.17. The summed E-state index contributed by atoms with van der Waals surface area (Å²) in [6, 6.07) is 15.9. The van der Waals surface area contributed by atoms with Crippen LogP contribution in [0.4, 0.5) is 5.82 Å². The Kier molecular flexibility index (Phi) is 5.86. The second kappa shape index (κ2) is 9.27. The highest BCUT2D eigenvalue weighted by Crippen LogP contribution is 2.25. The Morgan fingerprint density at radius 1 is 1.11 bits per heavy atom. The Balaban J connectivity index is 1.38. The highest BCUT2D eigenvalue weighted by molar-refractivity contribution is 5.91. The van der Waals surface area contributed by atoms with Gasteiger partial charge >= 0.3 is 0 Å². The summed E-state index contributed by atoms with van der Waals surface area (Å²) in [6.07, 6.45) is 2.95. The lowest BCUT2D eigenvalue weighted by Gasteiger charge is -2.20. The SMILES string of the molecule is C=C(Nc1ccc(Oc2ccnc(C(N)=O)c2)cn1)c1c2n(n(-c3ccccc3)c1=O)CCOC2. The van der Waals surface area contributed by atoms with E-state index in [0.717, 1.165) is 11.4 Å². The summed E-state index contributed by atoms with van der Waals surface area (Å²) in [6.45, 7) is 5.49. The Labute approximate surface area is 200 Å². The number of benzene rings is 1.